The quantitative estimate of drug-likeness (QED) is 0.861. The van der Waals surface area contributed by atoms with E-state index in [1.54, 1.807) is 13.3 Å². The SMILES string of the molecule is COc1cnn(C(C)C)c1C(O)CCC1CCCO1. The Kier molecular flexibility index (Phi) is 4.82. The van der Waals surface area contributed by atoms with Gasteiger partial charge in [-0.25, -0.2) is 0 Å². The van der Waals surface area contributed by atoms with Gasteiger partial charge in [0.1, 0.15) is 5.69 Å². The van der Waals surface area contributed by atoms with Crippen LogP contribution in [0.4, 0.5) is 0 Å². The molecule has 1 saturated heterocycles. The number of aromatic nitrogens is 2. The summed E-state index contributed by atoms with van der Waals surface area (Å²) in [6.07, 6.45) is 5.22. The highest BCUT2D eigenvalue weighted by Gasteiger charge is 2.23. The van der Waals surface area contributed by atoms with Crippen LogP contribution in [0, 0.1) is 0 Å². The lowest BCUT2D eigenvalue weighted by atomic mass is 10.0. The Hall–Kier alpha value is -1.07. The molecule has 2 rings (SSSR count). The van der Waals surface area contributed by atoms with Gasteiger partial charge >= 0.3 is 0 Å². The smallest absolute Gasteiger partial charge is 0.162 e. The van der Waals surface area contributed by atoms with Gasteiger partial charge in [-0.2, -0.15) is 5.10 Å². The molecule has 19 heavy (non-hydrogen) atoms. The van der Waals surface area contributed by atoms with Gasteiger partial charge in [-0.1, -0.05) is 0 Å². The van der Waals surface area contributed by atoms with Crippen molar-refractivity contribution in [3.63, 3.8) is 0 Å². The summed E-state index contributed by atoms with van der Waals surface area (Å²) in [4.78, 5) is 0. The van der Waals surface area contributed by atoms with Crippen LogP contribution in [0.3, 0.4) is 0 Å². The number of methoxy groups -OCH3 is 1. The fourth-order valence-corrected chi connectivity index (χ4v) is 2.59. The second kappa shape index (κ2) is 6.39. The third kappa shape index (κ3) is 3.28. The van der Waals surface area contributed by atoms with Crippen LogP contribution in [0.25, 0.3) is 0 Å². The van der Waals surface area contributed by atoms with E-state index in [-0.39, 0.29) is 6.04 Å². The van der Waals surface area contributed by atoms with Crippen molar-refractivity contribution in [1.29, 1.82) is 0 Å². The first-order chi connectivity index (χ1) is 9.13. The maximum absolute atomic E-state index is 10.4. The molecule has 2 heterocycles. The van der Waals surface area contributed by atoms with Gasteiger partial charge in [0.05, 0.1) is 25.5 Å². The standard InChI is InChI=1S/C14H24N2O3/c1-10(2)16-14(13(18-3)9-15-16)12(17)7-6-11-5-4-8-19-11/h9-12,17H,4-8H2,1-3H3. The minimum Gasteiger partial charge on any atom is -0.493 e. The second-order valence-electron chi connectivity index (χ2n) is 5.36. The van der Waals surface area contributed by atoms with Crippen LogP contribution in [-0.2, 0) is 4.74 Å². The van der Waals surface area contributed by atoms with Gasteiger partial charge < -0.3 is 14.6 Å². The molecule has 0 spiro atoms. The minimum absolute atomic E-state index is 0.205. The molecule has 0 aliphatic carbocycles. The third-order valence-corrected chi connectivity index (χ3v) is 3.61. The Morgan fingerprint density at radius 1 is 1.58 bits per heavy atom. The van der Waals surface area contributed by atoms with E-state index in [2.05, 4.69) is 5.10 Å². The van der Waals surface area contributed by atoms with Crippen molar-refractivity contribution in [2.24, 2.45) is 0 Å². The van der Waals surface area contributed by atoms with Gasteiger partial charge in [0.25, 0.3) is 0 Å². The average Bonchev–Trinajstić information content (AvgIpc) is 3.04. The molecule has 0 bridgehead atoms. The van der Waals surface area contributed by atoms with E-state index in [0.29, 0.717) is 18.3 Å². The number of nitrogens with zero attached hydrogens (tertiary/aromatic N) is 2. The Labute approximate surface area is 114 Å². The van der Waals surface area contributed by atoms with Gasteiger partial charge in [0.2, 0.25) is 0 Å². The Morgan fingerprint density at radius 3 is 2.95 bits per heavy atom. The molecular weight excluding hydrogens is 244 g/mol. The van der Waals surface area contributed by atoms with Gasteiger partial charge in [0.15, 0.2) is 5.75 Å². The largest absolute Gasteiger partial charge is 0.493 e. The van der Waals surface area contributed by atoms with E-state index in [9.17, 15) is 5.11 Å². The molecule has 0 saturated carbocycles. The molecule has 2 unspecified atom stereocenters. The average molecular weight is 268 g/mol. The van der Waals surface area contributed by atoms with Crippen LogP contribution in [0.1, 0.15) is 57.4 Å². The number of hydrogen-bond acceptors (Lipinski definition) is 4. The zero-order chi connectivity index (χ0) is 13.8. The van der Waals surface area contributed by atoms with E-state index in [4.69, 9.17) is 9.47 Å². The van der Waals surface area contributed by atoms with Crippen LogP contribution in [0.5, 0.6) is 5.75 Å². The first-order valence-corrected chi connectivity index (χ1v) is 7.04. The van der Waals surface area contributed by atoms with Crippen molar-refractivity contribution in [2.75, 3.05) is 13.7 Å². The summed E-state index contributed by atoms with van der Waals surface area (Å²) in [6, 6.07) is 0.205. The molecule has 1 aromatic rings. The molecule has 1 aliphatic heterocycles. The minimum atomic E-state index is -0.552. The summed E-state index contributed by atoms with van der Waals surface area (Å²) in [5.41, 5.74) is 0.774. The highest BCUT2D eigenvalue weighted by Crippen LogP contribution is 2.31. The molecule has 1 N–H and O–H groups in total. The van der Waals surface area contributed by atoms with E-state index < -0.39 is 6.10 Å². The molecule has 0 aromatic carbocycles. The van der Waals surface area contributed by atoms with Crippen LogP contribution >= 0.6 is 0 Å². The molecular formula is C14H24N2O3. The van der Waals surface area contributed by atoms with E-state index >= 15 is 0 Å². The molecule has 0 radical (unpaired) electrons. The lowest BCUT2D eigenvalue weighted by Gasteiger charge is -2.18. The summed E-state index contributed by atoms with van der Waals surface area (Å²) >= 11 is 0. The fourth-order valence-electron chi connectivity index (χ4n) is 2.59. The summed E-state index contributed by atoms with van der Waals surface area (Å²) < 4.78 is 12.7. The summed E-state index contributed by atoms with van der Waals surface area (Å²) in [5, 5.41) is 14.7. The zero-order valence-corrected chi connectivity index (χ0v) is 12.0. The first kappa shape index (κ1) is 14.3. The molecule has 1 fully saturated rings. The van der Waals surface area contributed by atoms with Crippen LogP contribution in [0.2, 0.25) is 0 Å². The van der Waals surface area contributed by atoms with Gasteiger partial charge in [-0.05, 0) is 39.5 Å². The lowest BCUT2D eigenvalue weighted by Crippen LogP contribution is -2.14. The maximum Gasteiger partial charge on any atom is 0.162 e. The van der Waals surface area contributed by atoms with E-state index in [1.165, 1.54) is 0 Å². The monoisotopic (exact) mass is 268 g/mol. The molecule has 108 valence electrons. The van der Waals surface area contributed by atoms with E-state index in [0.717, 1.165) is 31.6 Å². The predicted octanol–water partition coefficient (Wildman–Crippen LogP) is 2.47. The van der Waals surface area contributed by atoms with Crippen molar-refractivity contribution >= 4 is 0 Å². The van der Waals surface area contributed by atoms with Crippen LogP contribution in [0.15, 0.2) is 6.20 Å². The predicted molar refractivity (Wildman–Crippen MR) is 72.3 cm³/mol. The summed E-state index contributed by atoms with van der Waals surface area (Å²) in [7, 11) is 1.61. The lowest BCUT2D eigenvalue weighted by molar-refractivity contribution is 0.0777. The highest BCUT2D eigenvalue weighted by atomic mass is 16.5. The zero-order valence-electron chi connectivity index (χ0n) is 12.0. The molecule has 5 heteroatoms. The molecule has 1 aromatic heterocycles. The van der Waals surface area contributed by atoms with Crippen LogP contribution in [-0.4, -0.2) is 34.7 Å². The molecule has 2 atom stereocenters. The Morgan fingerprint density at radius 2 is 2.37 bits per heavy atom. The number of ether oxygens (including phenoxy) is 2. The summed E-state index contributed by atoms with van der Waals surface area (Å²) in [6.45, 7) is 4.94. The Balaban J connectivity index is 2.03. The summed E-state index contributed by atoms with van der Waals surface area (Å²) in [5.74, 6) is 0.661. The van der Waals surface area contributed by atoms with E-state index in [1.807, 2.05) is 18.5 Å². The Bertz CT molecular complexity index is 397. The van der Waals surface area contributed by atoms with Crippen molar-refractivity contribution in [3.8, 4) is 5.75 Å². The van der Waals surface area contributed by atoms with Crippen molar-refractivity contribution < 1.29 is 14.6 Å². The highest BCUT2D eigenvalue weighted by molar-refractivity contribution is 5.27. The topological polar surface area (TPSA) is 56.5 Å². The number of hydrogen-bond donors (Lipinski definition) is 1. The fraction of sp³-hybridized carbons (Fsp3) is 0.786. The second-order valence-corrected chi connectivity index (χ2v) is 5.36. The maximum atomic E-state index is 10.4. The van der Waals surface area contributed by atoms with Crippen molar-refractivity contribution in [2.45, 2.75) is 57.8 Å². The number of rotatable bonds is 6. The number of aliphatic hydroxyl groups is 1. The number of aliphatic hydroxyl groups excluding tert-OH is 1. The normalized spacial score (nSPS) is 21.0. The van der Waals surface area contributed by atoms with Crippen molar-refractivity contribution in [1.82, 2.24) is 9.78 Å². The van der Waals surface area contributed by atoms with Gasteiger partial charge in [-0.3, -0.25) is 4.68 Å². The van der Waals surface area contributed by atoms with Gasteiger partial charge in [-0.15, -0.1) is 0 Å². The molecule has 1 aliphatic rings. The third-order valence-electron chi connectivity index (χ3n) is 3.61. The van der Waals surface area contributed by atoms with Crippen molar-refractivity contribution in [3.05, 3.63) is 11.9 Å². The first-order valence-electron chi connectivity index (χ1n) is 7.04. The molecule has 0 amide bonds. The molecule has 5 nitrogen and oxygen atoms in total. The van der Waals surface area contributed by atoms with Gasteiger partial charge in [0, 0.05) is 12.6 Å². The van der Waals surface area contributed by atoms with Crippen LogP contribution < -0.4 is 4.74 Å².